The first-order valence-electron chi connectivity index (χ1n) is 7.91. The molecule has 0 spiro atoms. The number of hydrogen-bond donors (Lipinski definition) is 1. The van der Waals surface area contributed by atoms with Crippen molar-refractivity contribution in [1.29, 1.82) is 0 Å². The molecule has 0 bridgehead atoms. The highest BCUT2D eigenvalue weighted by molar-refractivity contribution is 5.92. The monoisotopic (exact) mass is 341 g/mol. The topological polar surface area (TPSA) is 56.8 Å². The van der Waals surface area contributed by atoms with Crippen molar-refractivity contribution >= 4 is 12.0 Å². The fourth-order valence-corrected chi connectivity index (χ4v) is 2.39. The molecule has 132 valence electrons. The summed E-state index contributed by atoms with van der Waals surface area (Å²) in [6.07, 6.45) is 3.21. The van der Waals surface area contributed by atoms with E-state index in [0.29, 0.717) is 24.7 Å². The zero-order valence-electron chi connectivity index (χ0n) is 14.7. The predicted octanol–water partition coefficient (Wildman–Crippen LogP) is 3.18. The molecule has 0 saturated carbocycles. The van der Waals surface area contributed by atoms with Crippen molar-refractivity contribution in [2.75, 3.05) is 21.3 Å². The van der Waals surface area contributed by atoms with Gasteiger partial charge in [0, 0.05) is 31.4 Å². The van der Waals surface area contributed by atoms with Crippen LogP contribution in [0.15, 0.2) is 48.5 Å². The molecule has 0 atom stereocenters. The first kappa shape index (κ1) is 18.5. The van der Waals surface area contributed by atoms with Crippen molar-refractivity contribution in [2.24, 2.45) is 0 Å². The van der Waals surface area contributed by atoms with Gasteiger partial charge in [-0.25, -0.2) is 0 Å². The molecule has 0 aliphatic rings. The lowest BCUT2D eigenvalue weighted by Gasteiger charge is -2.09. The van der Waals surface area contributed by atoms with Gasteiger partial charge in [0.05, 0.1) is 20.8 Å². The van der Waals surface area contributed by atoms with Crippen LogP contribution in [0, 0.1) is 0 Å². The molecule has 0 heterocycles. The van der Waals surface area contributed by atoms with Gasteiger partial charge in [-0.15, -0.1) is 0 Å². The van der Waals surface area contributed by atoms with Crippen molar-refractivity contribution in [3.05, 3.63) is 65.2 Å². The Morgan fingerprint density at radius 2 is 1.80 bits per heavy atom. The van der Waals surface area contributed by atoms with E-state index in [1.807, 2.05) is 36.4 Å². The number of nitrogens with one attached hydrogen (secondary N) is 1. The minimum atomic E-state index is -0.176. The zero-order valence-corrected chi connectivity index (χ0v) is 14.7. The van der Waals surface area contributed by atoms with E-state index < -0.39 is 0 Å². The van der Waals surface area contributed by atoms with Gasteiger partial charge in [-0.3, -0.25) is 4.79 Å². The summed E-state index contributed by atoms with van der Waals surface area (Å²) < 4.78 is 15.7. The van der Waals surface area contributed by atoms with Crippen molar-refractivity contribution in [2.45, 2.75) is 13.2 Å². The van der Waals surface area contributed by atoms with Crippen LogP contribution in [0.25, 0.3) is 6.08 Å². The van der Waals surface area contributed by atoms with Crippen LogP contribution in [0.3, 0.4) is 0 Å². The van der Waals surface area contributed by atoms with E-state index in [0.717, 1.165) is 16.7 Å². The second-order valence-electron chi connectivity index (χ2n) is 5.36. The molecule has 0 aliphatic heterocycles. The van der Waals surface area contributed by atoms with Crippen LogP contribution in [0.1, 0.15) is 16.7 Å². The van der Waals surface area contributed by atoms with Gasteiger partial charge in [0.1, 0.15) is 11.5 Å². The molecular formula is C20H23NO4. The number of ether oxygens (including phenoxy) is 3. The summed E-state index contributed by atoms with van der Waals surface area (Å²) in [5.41, 5.74) is 2.90. The lowest BCUT2D eigenvalue weighted by Crippen LogP contribution is -2.21. The molecule has 0 saturated heterocycles. The second-order valence-corrected chi connectivity index (χ2v) is 5.36. The number of methoxy groups -OCH3 is 3. The molecule has 2 aromatic carbocycles. The average Bonchev–Trinajstić information content (AvgIpc) is 2.65. The maximum Gasteiger partial charge on any atom is 0.244 e. The predicted molar refractivity (Wildman–Crippen MR) is 97.6 cm³/mol. The Morgan fingerprint density at radius 1 is 1.04 bits per heavy atom. The number of rotatable bonds is 8. The Morgan fingerprint density at radius 3 is 2.48 bits per heavy atom. The highest BCUT2D eigenvalue weighted by atomic mass is 16.5. The number of hydrogen-bond acceptors (Lipinski definition) is 4. The van der Waals surface area contributed by atoms with E-state index in [4.69, 9.17) is 14.2 Å². The molecule has 1 N–H and O–H groups in total. The molecular weight excluding hydrogens is 318 g/mol. The number of carbonyl (C=O) groups excluding carboxylic acids is 1. The van der Waals surface area contributed by atoms with Crippen LogP contribution in [-0.2, 0) is 22.7 Å². The molecule has 1 amide bonds. The van der Waals surface area contributed by atoms with E-state index in [2.05, 4.69) is 5.32 Å². The smallest absolute Gasteiger partial charge is 0.244 e. The molecule has 0 unspecified atom stereocenters. The van der Waals surface area contributed by atoms with Crippen LogP contribution in [0.4, 0.5) is 0 Å². The van der Waals surface area contributed by atoms with Gasteiger partial charge in [-0.2, -0.15) is 0 Å². The fourth-order valence-electron chi connectivity index (χ4n) is 2.39. The third kappa shape index (κ3) is 5.36. The Bertz CT molecular complexity index is 740. The summed E-state index contributed by atoms with van der Waals surface area (Å²) in [7, 11) is 4.83. The number of benzene rings is 2. The Labute approximate surface area is 148 Å². The summed E-state index contributed by atoms with van der Waals surface area (Å²) in [4.78, 5) is 12.1. The molecule has 0 aliphatic carbocycles. The lowest BCUT2D eigenvalue weighted by molar-refractivity contribution is -0.116. The van der Waals surface area contributed by atoms with Crippen LogP contribution in [-0.4, -0.2) is 27.2 Å². The van der Waals surface area contributed by atoms with Gasteiger partial charge in [0.15, 0.2) is 0 Å². The highest BCUT2D eigenvalue weighted by Crippen LogP contribution is 2.25. The Balaban J connectivity index is 2.00. The first-order chi connectivity index (χ1) is 12.2. The van der Waals surface area contributed by atoms with E-state index >= 15 is 0 Å². The third-order valence-corrected chi connectivity index (χ3v) is 3.73. The zero-order chi connectivity index (χ0) is 18.1. The second kappa shape index (κ2) is 9.49. The maximum absolute atomic E-state index is 12.1. The van der Waals surface area contributed by atoms with Crippen LogP contribution in [0.5, 0.6) is 11.5 Å². The van der Waals surface area contributed by atoms with Crippen LogP contribution in [0.2, 0.25) is 0 Å². The molecule has 0 fully saturated rings. The molecule has 25 heavy (non-hydrogen) atoms. The van der Waals surface area contributed by atoms with Crippen LogP contribution < -0.4 is 14.8 Å². The molecule has 2 rings (SSSR count). The van der Waals surface area contributed by atoms with E-state index in [1.165, 1.54) is 6.08 Å². The van der Waals surface area contributed by atoms with E-state index in [-0.39, 0.29) is 5.91 Å². The first-order valence-corrected chi connectivity index (χ1v) is 7.91. The summed E-state index contributed by atoms with van der Waals surface area (Å²) >= 11 is 0. The SMILES string of the molecule is COCc1ccccc1CNC(=O)/C=C/c1ccc(OC)cc1OC. The standard InChI is InChI=1S/C20H23NO4/c1-23-14-17-7-5-4-6-16(17)13-21-20(22)11-9-15-8-10-18(24-2)12-19(15)25-3/h4-12H,13-14H2,1-3H3,(H,21,22)/b11-9+. The quantitative estimate of drug-likeness (QED) is 0.749. The normalized spacial score (nSPS) is 10.7. The third-order valence-electron chi connectivity index (χ3n) is 3.73. The fraction of sp³-hybridized carbons (Fsp3) is 0.250. The summed E-state index contributed by atoms with van der Waals surface area (Å²) in [5.74, 6) is 1.17. The van der Waals surface area contributed by atoms with Crippen LogP contribution >= 0.6 is 0 Å². The van der Waals surface area contributed by atoms with Crippen molar-refractivity contribution in [1.82, 2.24) is 5.32 Å². The van der Waals surface area contributed by atoms with Gasteiger partial charge in [-0.1, -0.05) is 24.3 Å². The number of carbonyl (C=O) groups is 1. The van der Waals surface area contributed by atoms with E-state index in [1.54, 1.807) is 33.5 Å². The summed E-state index contributed by atoms with van der Waals surface area (Å²) in [6.45, 7) is 0.966. The van der Waals surface area contributed by atoms with Crippen molar-refractivity contribution < 1.29 is 19.0 Å². The Kier molecular flexibility index (Phi) is 7.04. The van der Waals surface area contributed by atoms with Gasteiger partial charge in [-0.05, 0) is 29.3 Å². The average molecular weight is 341 g/mol. The van der Waals surface area contributed by atoms with Gasteiger partial charge < -0.3 is 19.5 Å². The minimum absolute atomic E-state index is 0.176. The van der Waals surface area contributed by atoms with E-state index in [9.17, 15) is 4.79 Å². The molecule has 0 aromatic heterocycles. The molecule has 5 nitrogen and oxygen atoms in total. The largest absolute Gasteiger partial charge is 0.497 e. The summed E-state index contributed by atoms with van der Waals surface area (Å²) in [5, 5.41) is 2.88. The van der Waals surface area contributed by atoms with Crippen molar-refractivity contribution in [3.63, 3.8) is 0 Å². The molecule has 5 heteroatoms. The van der Waals surface area contributed by atoms with Crippen molar-refractivity contribution in [3.8, 4) is 11.5 Å². The maximum atomic E-state index is 12.1. The Hall–Kier alpha value is -2.79. The highest BCUT2D eigenvalue weighted by Gasteiger charge is 2.05. The lowest BCUT2D eigenvalue weighted by atomic mass is 10.1. The van der Waals surface area contributed by atoms with Gasteiger partial charge >= 0.3 is 0 Å². The summed E-state index contributed by atoms with van der Waals surface area (Å²) in [6, 6.07) is 13.3. The molecule has 2 aromatic rings. The number of amides is 1. The minimum Gasteiger partial charge on any atom is -0.497 e. The molecule has 0 radical (unpaired) electrons. The van der Waals surface area contributed by atoms with Gasteiger partial charge in [0.25, 0.3) is 0 Å². The van der Waals surface area contributed by atoms with Gasteiger partial charge in [0.2, 0.25) is 5.91 Å².